The Morgan fingerprint density at radius 3 is 2.26 bits per heavy atom. The fourth-order valence-electron chi connectivity index (χ4n) is 3.13. The Morgan fingerprint density at radius 2 is 1.56 bits per heavy atom. The van der Waals surface area contributed by atoms with Crippen molar-refractivity contribution in [3.63, 3.8) is 0 Å². The summed E-state index contributed by atoms with van der Waals surface area (Å²) in [6, 6.07) is 19.9. The lowest BCUT2D eigenvalue weighted by molar-refractivity contribution is 0.103. The number of pyridine rings is 1. The second-order valence-corrected chi connectivity index (χ2v) is 6.45. The normalized spacial score (nSPS) is 10.9. The van der Waals surface area contributed by atoms with Gasteiger partial charge in [0.1, 0.15) is 5.82 Å². The average molecular weight is 357 g/mol. The molecule has 0 fully saturated rings. The first-order valence-electron chi connectivity index (χ1n) is 8.57. The van der Waals surface area contributed by atoms with Crippen molar-refractivity contribution >= 4 is 16.7 Å². The second-order valence-electron chi connectivity index (χ2n) is 6.45. The standard InChI is InChI=1S/C23H16FNO2/c1-14-6-8-16(9-7-14)22(26)20-21(15-10-12-17(24)13-11-15)25-19-5-3-2-4-18(19)23(20)27/h2-13H,1H3,(H,25,27). The molecule has 4 heteroatoms. The average Bonchev–Trinajstić information content (AvgIpc) is 2.69. The van der Waals surface area contributed by atoms with Gasteiger partial charge in [-0.2, -0.15) is 0 Å². The van der Waals surface area contributed by atoms with Crippen LogP contribution in [-0.4, -0.2) is 10.8 Å². The lowest BCUT2D eigenvalue weighted by Crippen LogP contribution is -2.19. The van der Waals surface area contributed by atoms with E-state index >= 15 is 0 Å². The molecule has 0 spiro atoms. The van der Waals surface area contributed by atoms with Crippen LogP contribution in [0.1, 0.15) is 21.5 Å². The van der Waals surface area contributed by atoms with Crippen LogP contribution in [0.15, 0.2) is 77.6 Å². The summed E-state index contributed by atoms with van der Waals surface area (Å²) >= 11 is 0. The zero-order valence-electron chi connectivity index (χ0n) is 14.6. The Balaban J connectivity index is 2.02. The number of H-pyrrole nitrogens is 1. The number of para-hydroxylation sites is 1. The summed E-state index contributed by atoms with van der Waals surface area (Å²) < 4.78 is 13.4. The molecule has 0 saturated carbocycles. The van der Waals surface area contributed by atoms with E-state index in [0.29, 0.717) is 27.7 Å². The zero-order chi connectivity index (χ0) is 19.0. The summed E-state index contributed by atoms with van der Waals surface area (Å²) in [6.07, 6.45) is 0. The highest BCUT2D eigenvalue weighted by molar-refractivity contribution is 6.13. The van der Waals surface area contributed by atoms with Crippen LogP contribution in [0.3, 0.4) is 0 Å². The van der Waals surface area contributed by atoms with Crippen molar-refractivity contribution in [1.29, 1.82) is 0 Å². The first kappa shape index (κ1) is 16.9. The molecule has 27 heavy (non-hydrogen) atoms. The summed E-state index contributed by atoms with van der Waals surface area (Å²) in [4.78, 5) is 29.5. The Labute approximate surface area is 155 Å². The van der Waals surface area contributed by atoms with E-state index in [1.807, 2.05) is 25.1 Å². The van der Waals surface area contributed by atoms with Gasteiger partial charge in [0.15, 0.2) is 5.78 Å². The topological polar surface area (TPSA) is 49.9 Å². The first-order valence-corrected chi connectivity index (χ1v) is 8.57. The molecule has 1 aromatic heterocycles. The second kappa shape index (κ2) is 6.65. The largest absolute Gasteiger partial charge is 0.354 e. The van der Waals surface area contributed by atoms with E-state index in [0.717, 1.165) is 5.56 Å². The Morgan fingerprint density at radius 1 is 0.889 bits per heavy atom. The summed E-state index contributed by atoms with van der Waals surface area (Å²) in [7, 11) is 0. The summed E-state index contributed by atoms with van der Waals surface area (Å²) in [6.45, 7) is 1.93. The van der Waals surface area contributed by atoms with E-state index in [9.17, 15) is 14.0 Å². The molecular formula is C23H16FNO2. The van der Waals surface area contributed by atoms with Crippen LogP contribution in [0.25, 0.3) is 22.2 Å². The number of fused-ring (bicyclic) bond motifs is 1. The van der Waals surface area contributed by atoms with Gasteiger partial charge in [-0.25, -0.2) is 4.39 Å². The third kappa shape index (κ3) is 3.06. The van der Waals surface area contributed by atoms with Crippen LogP contribution in [0.4, 0.5) is 4.39 Å². The van der Waals surface area contributed by atoms with Crippen LogP contribution in [0.5, 0.6) is 0 Å². The minimum Gasteiger partial charge on any atom is -0.354 e. The maximum Gasteiger partial charge on any atom is 0.201 e. The number of halogens is 1. The van der Waals surface area contributed by atoms with Crippen molar-refractivity contribution in [3.8, 4) is 11.3 Å². The van der Waals surface area contributed by atoms with Gasteiger partial charge in [-0.1, -0.05) is 42.0 Å². The van der Waals surface area contributed by atoms with Gasteiger partial charge in [-0.3, -0.25) is 9.59 Å². The number of hydrogen-bond acceptors (Lipinski definition) is 2. The zero-order valence-corrected chi connectivity index (χ0v) is 14.6. The molecule has 0 aliphatic rings. The molecular weight excluding hydrogens is 341 g/mol. The number of aromatic nitrogens is 1. The van der Waals surface area contributed by atoms with E-state index in [2.05, 4.69) is 4.98 Å². The molecule has 0 bridgehead atoms. The number of benzene rings is 3. The maximum absolute atomic E-state index is 13.4. The van der Waals surface area contributed by atoms with Crippen molar-refractivity contribution in [3.05, 3.63) is 106 Å². The predicted molar refractivity (Wildman–Crippen MR) is 105 cm³/mol. The third-order valence-electron chi connectivity index (χ3n) is 4.58. The number of hydrogen-bond donors (Lipinski definition) is 1. The fraction of sp³-hybridized carbons (Fsp3) is 0.0435. The summed E-state index contributed by atoms with van der Waals surface area (Å²) in [5, 5.41) is 0.443. The molecule has 4 aromatic rings. The van der Waals surface area contributed by atoms with Gasteiger partial charge in [0.25, 0.3) is 0 Å². The van der Waals surface area contributed by atoms with Gasteiger partial charge in [0, 0.05) is 16.5 Å². The number of carbonyl (C=O) groups excluding carboxylic acids is 1. The quantitative estimate of drug-likeness (QED) is 0.532. The molecule has 4 rings (SSSR count). The molecule has 0 atom stereocenters. The Hall–Kier alpha value is -3.53. The SMILES string of the molecule is Cc1ccc(C(=O)c2c(-c3ccc(F)cc3)[nH]c3ccccc3c2=O)cc1. The molecule has 132 valence electrons. The van der Waals surface area contributed by atoms with E-state index in [1.165, 1.54) is 12.1 Å². The van der Waals surface area contributed by atoms with Crippen molar-refractivity contribution in [2.75, 3.05) is 0 Å². The van der Waals surface area contributed by atoms with Crippen molar-refractivity contribution < 1.29 is 9.18 Å². The van der Waals surface area contributed by atoms with Gasteiger partial charge < -0.3 is 4.98 Å². The first-order chi connectivity index (χ1) is 13.0. The van der Waals surface area contributed by atoms with Crippen molar-refractivity contribution in [1.82, 2.24) is 4.98 Å². The molecule has 0 aliphatic heterocycles. The predicted octanol–water partition coefficient (Wildman–Crippen LogP) is 4.87. The van der Waals surface area contributed by atoms with Gasteiger partial charge in [-0.05, 0) is 48.9 Å². The third-order valence-corrected chi connectivity index (χ3v) is 4.58. The van der Waals surface area contributed by atoms with Crippen LogP contribution < -0.4 is 5.43 Å². The Kier molecular flexibility index (Phi) is 4.16. The summed E-state index contributed by atoms with van der Waals surface area (Å²) in [5.74, 6) is -0.741. The lowest BCUT2D eigenvalue weighted by Gasteiger charge is -2.11. The highest BCUT2D eigenvalue weighted by Gasteiger charge is 2.21. The number of carbonyl (C=O) groups is 1. The smallest absolute Gasteiger partial charge is 0.201 e. The molecule has 0 aliphatic carbocycles. The van der Waals surface area contributed by atoms with Crippen LogP contribution in [-0.2, 0) is 0 Å². The van der Waals surface area contributed by atoms with Gasteiger partial charge in [0.05, 0.1) is 11.3 Å². The molecule has 0 unspecified atom stereocenters. The van der Waals surface area contributed by atoms with Crippen LogP contribution >= 0.6 is 0 Å². The van der Waals surface area contributed by atoms with E-state index in [4.69, 9.17) is 0 Å². The minimum absolute atomic E-state index is 0.0594. The molecule has 3 aromatic carbocycles. The monoisotopic (exact) mass is 357 g/mol. The highest BCUT2D eigenvalue weighted by atomic mass is 19.1. The molecule has 0 saturated heterocycles. The molecule has 0 radical (unpaired) electrons. The number of aromatic amines is 1. The lowest BCUT2D eigenvalue weighted by atomic mass is 9.95. The fourth-order valence-corrected chi connectivity index (χ4v) is 3.13. The van der Waals surface area contributed by atoms with Crippen LogP contribution in [0, 0.1) is 12.7 Å². The van der Waals surface area contributed by atoms with E-state index in [1.54, 1.807) is 42.5 Å². The highest BCUT2D eigenvalue weighted by Crippen LogP contribution is 2.25. The van der Waals surface area contributed by atoms with Gasteiger partial charge >= 0.3 is 0 Å². The molecule has 1 N–H and O–H groups in total. The van der Waals surface area contributed by atoms with Gasteiger partial charge in [0.2, 0.25) is 5.43 Å². The molecule has 3 nitrogen and oxygen atoms in total. The number of rotatable bonds is 3. The number of nitrogens with one attached hydrogen (secondary N) is 1. The van der Waals surface area contributed by atoms with Crippen LogP contribution in [0.2, 0.25) is 0 Å². The summed E-state index contributed by atoms with van der Waals surface area (Å²) in [5.41, 5.74) is 2.78. The van der Waals surface area contributed by atoms with E-state index < -0.39 is 0 Å². The minimum atomic E-state index is -0.381. The Bertz CT molecular complexity index is 1210. The molecule has 0 amide bonds. The van der Waals surface area contributed by atoms with E-state index in [-0.39, 0.29) is 22.6 Å². The molecule has 1 heterocycles. The number of ketones is 1. The van der Waals surface area contributed by atoms with Gasteiger partial charge in [-0.15, -0.1) is 0 Å². The number of aryl methyl sites for hydroxylation is 1. The maximum atomic E-state index is 13.4. The van der Waals surface area contributed by atoms with Crippen molar-refractivity contribution in [2.24, 2.45) is 0 Å². The van der Waals surface area contributed by atoms with Crippen molar-refractivity contribution in [2.45, 2.75) is 6.92 Å².